The highest BCUT2D eigenvalue weighted by Gasteiger charge is 2.26. The molecule has 2 N–H and O–H groups in total. The zero-order valence-electron chi connectivity index (χ0n) is 11.7. The summed E-state index contributed by atoms with van der Waals surface area (Å²) in [6, 6.07) is 3.19. The minimum Gasteiger partial charge on any atom is -0.478 e. The predicted octanol–water partition coefficient (Wildman–Crippen LogP) is 3.07. The van der Waals surface area contributed by atoms with E-state index in [4.69, 9.17) is 5.11 Å². The molecule has 0 aromatic heterocycles. The van der Waals surface area contributed by atoms with Crippen molar-refractivity contribution in [1.29, 1.82) is 0 Å². The van der Waals surface area contributed by atoms with Crippen molar-refractivity contribution < 1.29 is 27.9 Å². The standard InChI is InChI=1S/C14H16F3NO3/c1-8-4-5-9(2)11(13(20)21)10(8)12(19)18-7-3-6-14(15,16)17/h4-5H,3,6-7H2,1-2H3,(H,18,19)(H,20,21). The minimum absolute atomic E-state index is 0.00508. The number of aromatic carboxylic acids is 1. The Labute approximate surface area is 120 Å². The lowest BCUT2D eigenvalue weighted by Crippen LogP contribution is -2.28. The third-order valence-corrected chi connectivity index (χ3v) is 2.99. The molecule has 4 nitrogen and oxygen atoms in total. The van der Waals surface area contributed by atoms with Crippen molar-refractivity contribution >= 4 is 11.9 Å². The van der Waals surface area contributed by atoms with Crippen LogP contribution in [0.25, 0.3) is 0 Å². The van der Waals surface area contributed by atoms with Gasteiger partial charge in [0.1, 0.15) is 0 Å². The third kappa shape index (κ3) is 4.77. The lowest BCUT2D eigenvalue weighted by atomic mass is 9.96. The zero-order chi connectivity index (χ0) is 16.2. The maximum Gasteiger partial charge on any atom is 0.389 e. The van der Waals surface area contributed by atoms with Crippen LogP contribution in [0.3, 0.4) is 0 Å². The number of aryl methyl sites for hydroxylation is 2. The van der Waals surface area contributed by atoms with Crippen LogP contribution in [0.2, 0.25) is 0 Å². The first-order chi connectivity index (χ1) is 9.63. The quantitative estimate of drug-likeness (QED) is 0.822. The fourth-order valence-corrected chi connectivity index (χ4v) is 1.96. The van der Waals surface area contributed by atoms with Gasteiger partial charge in [0.05, 0.1) is 11.1 Å². The van der Waals surface area contributed by atoms with Crippen molar-refractivity contribution in [3.05, 3.63) is 34.4 Å². The Morgan fingerprint density at radius 3 is 2.14 bits per heavy atom. The second-order valence-corrected chi connectivity index (χ2v) is 4.73. The molecule has 1 rings (SSSR count). The molecule has 0 saturated carbocycles. The summed E-state index contributed by atoms with van der Waals surface area (Å²) in [5.41, 5.74) is 0.762. The molecule has 0 aliphatic carbocycles. The second kappa shape index (κ2) is 6.60. The highest BCUT2D eigenvalue weighted by atomic mass is 19.4. The Balaban J connectivity index is 2.83. The number of carbonyl (C=O) groups excluding carboxylic acids is 1. The topological polar surface area (TPSA) is 66.4 Å². The molecule has 1 aromatic rings. The number of halogens is 3. The number of carboxylic acid groups (broad SMARTS) is 1. The Kier molecular flexibility index (Phi) is 5.34. The van der Waals surface area contributed by atoms with Crippen molar-refractivity contribution in [3.63, 3.8) is 0 Å². The molecule has 0 fully saturated rings. The van der Waals surface area contributed by atoms with Crippen LogP contribution in [0.15, 0.2) is 12.1 Å². The van der Waals surface area contributed by atoms with E-state index < -0.39 is 24.5 Å². The van der Waals surface area contributed by atoms with E-state index in [1.807, 2.05) is 0 Å². The van der Waals surface area contributed by atoms with E-state index in [-0.39, 0.29) is 24.1 Å². The Morgan fingerprint density at radius 1 is 1.14 bits per heavy atom. The molecule has 21 heavy (non-hydrogen) atoms. The van der Waals surface area contributed by atoms with Gasteiger partial charge in [-0.1, -0.05) is 12.1 Å². The van der Waals surface area contributed by atoms with Crippen LogP contribution in [0.5, 0.6) is 0 Å². The van der Waals surface area contributed by atoms with Gasteiger partial charge in [0, 0.05) is 13.0 Å². The Morgan fingerprint density at radius 2 is 1.67 bits per heavy atom. The van der Waals surface area contributed by atoms with Crippen LogP contribution in [0, 0.1) is 13.8 Å². The number of nitrogens with one attached hydrogen (secondary N) is 1. The number of hydrogen-bond donors (Lipinski definition) is 2. The Hall–Kier alpha value is -2.05. The van der Waals surface area contributed by atoms with Crippen LogP contribution in [0.1, 0.15) is 44.7 Å². The van der Waals surface area contributed by atoms with E-state index in [9.17, 15) is 22.8 Å². The van der Waals surface area contributed by atoms with Crippen molar-refractivity contribution in [2.24, 2.45) is 0 Å². The number of hydrogen-bond acceptors (Lipinski definition) is 2. The van der Waals surface area contributed by atoms with Crippen LogP contribution in [0.4, 0.5) is 13.2 Å². The van der Waals surface area contributed by atoms with Gasteiger partial charge in [-0.25, -0.2) is 4.79 Å². The molecule has 0 bridgehead atoms. The van der Waals surface area contributed by atoms with Crippen molar-refractivity contribution in [2.75, 3.05) is 6.54 Å². The van der Waals surface area contributed by atoms with E-state index in [1.165, 1.54) is 0 Å². The van der Waals surface area contributed by atoms with E-state index in [0.29, 0.717) is 11.1 Å². The number of amides is 1. The largest absolute Gasteiger partial charge is 0.478 e. The molecule has 0 radical (unpaired) electrons. The molecule has 0 saturated heterocycles. The van der Waals surface area contributed by atoms with E-state index in [1.54, 1.807) is 26.0 Å². The molecule has 116 valence electrons. The van der Waals surface area contributed by atoms with E-state index in [2.05, 4.69) is 5.32 Å². The number of benzene rings is 1. The average Bonchev–Trinajstić information content (AvgIpc) is 2.35. The first kappa shape index (κ1) is 17.0. The van der Waals surface area contributed by atoms with Gasteiger partial charge in [-0.2, -0.15) is 13.2 Å². The fraction of sp³-hybridized carbons (Fsp3) is 0.429. The summed E-state index contributed by atoms with van der Waals surface area (Å²) in [6.07, 6.45) is -5.51. The summed E-state index contributed by atoms with van der Waals surface area (Å²) >= 11 is 0. The minimum atomic E-state index is -4.27. The molecule has 1 amide bonds. The Bertz CT molecular complexity index is 553. The van der Waals surface area contributed by atoms with Crippen molar-refractivity contribution in [2.45, 2.75) is 32.9 Å². The number of alkyl halides is 3. The molecule has 7 heteroatoms. The molecule has 0 spiro atoms. The molecule has 1 aromatic carbocycles. The normalized spacial score (nSPS) is 11.3. The van der Waals surface area contributed by atoms with Crippen LogP contribution in [-0.2, 0) is 0 Å². The van der Waals surface area contributed by atoms with Gasteiger partial charge in [0.15, 0.2) is 0 Å². The highest BCUT2D eigenvalue weighted by Crippen LogP contribution is 2.21. The zero-order valence-corrected chi connectivity index (χ0v) is 11.7. The monoisotopic (exact) mass is 303 g/mol. The van der Waals surface area contributed by atoms with Gasteiger partial charge in [0.2, 0.25) is 0 Å². The van der Waals surface area contributed by atoms with Gasteiger partial charge in [-0.05, 0) is 31.4 Å². The summed E-state index contributed by atoms with van der Waals surface area (Å²) in [5.74, 6) is -1.91. The number of carbonyl (C=O) groups is 2. The third-order valence-electron chi connectivity index (χ3n) is 2.99. The summed E-state index contributed by atoms with van der Waals surface area (Å²) in [6.45, 7) is 2.98. The number of rotatable bonds is 5. The van der Waals surface area contributed by atoms with Crippen LogP contribution < -0.4 is 5.32 Å². The van der Waals surface area contributed by atoms with Gasteiger partial charge in [-0.15, -0.1) is 0 Å². The summed E-state index contributed by atoms with van der Waals surface area (Å²) in [7, 11) is 0. The lowest BCUT2D eigenvalue weighted by molar-refractivity contribution is -0.135. The SMILES string of the molecule is Cc1ccc(C)c(C(=O)NCCCC(F)(F)F)c1C(=O)O. The van der Waals surface area contributed by atoms with Crippen molar-refractivity contribution in [3.8, 4) is 0 Å². The molecular weight excluding hydrogens is 287 g/mol. The first-order valence-electron chi connectivity index (χ1n) is 6.32. The van der Waals surface area contributed by atoms with Gasteiger partial charge in [0.25, 0.3) is 5.91 Å². The van der Waals surface area contributed by atoms with Crippen molar-refractivity contribution in [1.82, 2.24) is 5.32 Å². The van der Waals surface area contributed by atoms with Crippen LogP contribution >= 0.6 is 0 Å². The molecular formula is C14H16F3NO3. The van der Waals surface area contributed by atoms with Crippen LogP contribution in [-0.4, -0.2) is 29.7 Å². The van der Waals surface area contributed by atoms with E-state index >= 15 is 0 Å². The fourth-order valence-electron chi connectivity index (χ4n) is 1.96. The van der Waals surface area contributed by atoms with Gasteiger partial charge < -0.3 is 10.4 Å². The summed E-state index contributed by atoms with van der Waals surface area (Å²) in [4.78, 5) is 23.2. The smallest absolute Gasteiger partial charge is 0.389 e. The maximum atomic E-state index is 12.0. The molecule has 0 unspecified atom stereocenters. The predicted molar refractivity (Wildman–Crippen MR) is 70.5 cm³/mol. The molecule has 0 atom stereocenters. The molecule has 0 heterocycles. The maximum absolute atomic E-state index is 12.0. The van der Waals surface area contributed by atoms with Gasteiger partial charge >= 0.3 is 12.1 Å². The average molecular weight is 303 g/mol. The lowest BCUT2D eigenvalue weighted by Gasteiger charge is -2.13. The van der Waals surface area contributed by atoms with Gasteiger partial charge in [-0.3, -0.25) is 4.79 Å². The molecule has 0 aliphatic rings. The highest BCUT2D eigenvalue weighted by molar-refractivity contribution is 6.06. The number of carboxylic acids is 1. The first-order valence-corrected chi connectivity index (χ1v) is 6.32. The second-order valence-electron chi connectivity index (χ2n) is 4.73. The summed E-state index contributed by atoms with van der Waals surface area (Å²) < 4.78 is 36.0. The molecule has 0 aliphatic heterocycles. The summed E-state index contributed by atoms with van der Waals surface area (Å²) in [5, 5.41) is 11.5. The van der Waals surface area contributed by atoms with E-state index in [0.717, 1.165) is 0 Å².